The fourth-order valence-electron chi connectivity index (χ4n) is 5.12. The first-order valence-corrected chi connectivity index (χ1v) is 11.5. The summed E-state index contributed by atoms with van der Waals surface area (Å²) in [5, 5.41) is 15.5. The topological polar surface area (TPSA) is 85.2 Å². The number of rotatable bonds is 5. The first-order valence-electron chi connectivity index (χ1n) is 11.5. The van der Waals surface area contributed by atoms with Crippen molar-refractivity contribution in [3.05, 3.63) is 65.0 Å². The molecule has 33 heavy (non-hydrogen) atoms. The molecular weight excluding hydrogens is 419 g/mol. The van der Waals surface area contributed by atoms with Gasteiger partial charge in [-0.3, -0.25) is 9.59 Å². The number of halogens is 1. The SMILES string of the molecule is CC(C)CN1C(=O)c2ccccc2[C@H](C(=O)Nc2ccc(F)c(C#N)c2)[C@H]1C1CCCNC1. The lowest BCUT2D eigenvalue weighted by Gasteiger charge is -2.47. The Hall–Kier alpha value is -3.24. The molecule has 6 nitrogen and oxygen atoms in total. The maximum atomic E-state index is 13.8. The molecule has 0 bridgehead atoms. The third-order valence-electron chi connectivity index (χ3n) is 6.51. The second kappa shape index (κ2) is 9.72. The van der Waals surface area contributed by atoms with Gasteiger partial charge in [-0.1, -0.05) is 32.0 Å². The van der Waals surface area contributed by atoms with Crippen molar-refractivity contribution in [2.24, 2.45) is 11.8 Å². The molecule has 2 aliphatic heterocycles. The summed E-state index contributed by atoms with van der Waals surface area (Å²) in [6.45, 7) is 6.38. The van der Waals surface area contributed by atoms with Crippen molar-refractivity contribution < 1.29 is 14.0 Å². The summed E-state index contributed by atoms with van der Waals surface area (Å²) in [7, 11) is 0. The van der Waals surface area contributed by atoms with E-state index in [9.17, 15) is 14.0 Å². The summed E-state index contributed by atoms with van der Waals surface area (Å²) in [6.07, 6.45) is 1.92. The van der Waals surface area contributed by atoms with Crippen LogP contribution in [0.25, 0.3) is 0 Å². The molecule has 0 saturated carbocycles. The minimum Gasteiger partial charge on any atom is -0.334 e. The average Bonchev–Trinajstić information content (AvgIpc) is 2.82. The van der Waals surface area contributed by atoms with Crippen LogP contribution in [0.5, 0.6) is 0 Å². The van der Waals surface area contributed by atoms with Gasteiger partial charge >= 0.3 is 0 Å². The van der Waals surface area contributed by atoms with E-state index in [1.807, 2.05) is 29.2 Å². The largest absolute Gasteiger partial charge is 0.334 e. The zero-order valence-corrected chi connectivity index (χ0v) is 19.0. The van der Waals surface area contributed by atoms with Crippen molar-refractivity contribution in [2.75, 3.05) is 25.0 Å². The molecule has 2 amide bonds. The number of nitrogens with one attached hydrogen (secondary N) is 2. The van der Waals surface area contributed by atoms with Crippen molar-refractivity contribution >= 4 is 17.5 Å². The van der Waals surface area contributed by atoms with Crippen LogP contribution in [0.2, 0.25) is 0 Å². The Bertz CT molecular complexity index is 1090. The number of amides is 2. The van der Waals surface area contributed by atoms with Gasteiger partial charge < -0.3 is 15.5 Å². The molecule has 3 atom stereocenters. The molecule has 2 aliphatic rings. The van der Waals surface area contributed by atoms with Crippen molar-refractivity contribution in [3.63, 3.8) is 0 Å². The molecule has 1 fully saturated rings. The van der Waals surface area contributed by atoms with Crippen molar-refractivity contribution in [1.29, 1.82) is 5.26 Å². The molecule has 2 aromatic rings. The van der Waals surface area contributed by atoms with E-state index in [1.165, 1.54) is 18.2 Å². The minimum atomic E-state index is -0.627. The van der Waals surface area contributed by atoms with Crippen LogP contribution in [0.3, 0.4) is 0 Å². The van der Waals surface area contributed by atoms with E-state index in [2.05, 4.69) is 24.5 Å². The van der Waals surface area contributed by atoms with Crippen LogP contribution in [0.4, 0.5) is 10.1 Å². The van der Waals surface area contributed by atoms with Crippen molar-refractivity contribution in [2.45, 2.75) is 38.6 Å². The minimum absolute atomic E-state index is 0.0347. The number of fused-ring (bicyclic) bond motifs is 1. The van der Waals surface area contributed by atoms with E-state index in [0.717, 1.165) is 31.5 Å². The summed E-state index contributed by atoms with van der Waals surface area (Å²) in [5.74, 6) is -1.11. The molecule has 4 rings (SSSR count). The monoisotopic (exact) mass is 448 g/mol. The Balaban J connectivity index is 1.77. The predicted octanol–water partition coefficient (Wildman–Crippen LogP) is 3.90. The Morgan fingerprint density at radius 3 is 2.79 bits per heavy atom. The number of anilines is 1. The highest BCUT2D eigenvalue weighted by molar-refractivity contribution is 6.04. The van der Waals surface area contributed by atoms with E-state index in [0.29, 0.717) is 17.8 Å². The lowest BCUT2D eigenvalue weighted by molar-refractivity contribution is -0.119. The average molecular weight is 449 g/mol. The number of hydrogen-bond donors (Lipinski definition) is 2. The number of nitriles is 1. The Morgan fingerprint density at radius 2 is 2.09 bits per heavy atom. The van der Waals surface area contributed by atoms with Gasteiger partial charge in [0.2, 0.25) is 5.91 Å². The van der Waals surface area contributed by atoms with Gasteiger partial charge in [-0.25, -0.2) is 4.39 Å². The fourth-order valence-corrected chi connectivity index (χ4v) is 5.12. The number of hydrogen-bond acceptors (Lipinski definition) is 4. The smallest absolute Gasteiger partial charge is 0.254 e. The highest BCUT2D eigenvalue weighted by Crippen LogP contribution is 2.40. The van der Waals surface area contributed by atoms with Crippen LogP contribution in [-0.2, 0) is 4.79 Å². The third kappa shape index (κ3) is 4.62. The molecule has 172 valence electrons. The summed E-state index contributed by atoms with van der Waals surface area (Å²) < 4.78 is 13.8. The molecule has 0 spiro atoms. The lowest BCUT2D eigenvalue weighted by atomic mass is 9.74. The first-order chi connectivity index (χ1) is 15.9. The molecule has 0 aliphatic carbocycles. The number of carbonyl (C=O) groups is 2. The molecule has 2 heterocycles. The second-order valence-corrected chi connectivity index (χ2v) is 9.31. The zero-order chi connectivity index (χ0) is 23.5. The number of carbonyl (C=O) groups excluding carboxylic acids is 2. The van der Waals surface area contributed by atoms with Crippen molar-refractivity contribution in [3.8, 4) is 6.07 Å². The van der Waals surface area contributed by atoms with E-state index < -0.39 is 11.7 Å². The molecule has 2 aromatic carbocycles. The molecule has 7 heteroatoms. The van der Waals surface area contributed by atoms with E-state index in [4.69, 9.17) is 5.26 Å². The number of benzene rings is 2. The highest BCUT2D eigenvalue weighted by atomic mass is 19.1. The molecule has 0 radical (unpaired) electrons. The van der Waals surface area contributed by atoms with Gasteiger partial charge in [-0.15, -0.1) is 0 Å². The van der Waals surface area contributed by atoms with Gasteiger partial charge in [0, 0.05) is 17.8 Å². The Morgan fingerprint density at radius 1 is 1.30 bits per heavy atom. The molecule has 1 saturated heterocycles. The van der Waals surface area contributed by atoms with Crippen LogP contribution in [-0.4, -0.2) is 42.4 Å². The summed E-state index contributed by atoms with van der Waals surface area (Å²) in [6, 6.07) is 12.8. The van der Waals surface area contributed by atoms with Crippen molar-refractivity contribution in [1.82, 2.24) is 10.2 Å². The molecule has 0 aromatic heterocycles. The highest BCUT2D eigenvalue weighted by Gasteiger charge is 2.46. The van der Waals surface area contributed by atoms with E-state index in [1.54, 1.807) is 6.07 Å². The molecule has 2 N–H and O–H groups in total. The van der Waals surface area contributed by atoms with Crippen LogP contribution < -0.4 is 10.6 Å². The number of piperidine rings is 1. The predicted molar refractivity (Wildman–Crippen MR) is 124 cm³/mol. The van der Waals surface area contributed by atoms with Gasteiger partial charge in [-0.2, -0.15) is 5.26 Å². The molecule has 1 unspecified atom stereocenters. The van der Waals surface area contributed by atoms with Crippen LogP contribution in [0.1, 0.15) is 54.1 Å². The van der Waals surface area contributed by atoms with Gasteiger partial charge in [-0.05, 0) is 67.6 Å². The first kappa shape index (κ1) is 22.9. The van der Waals surface area contributed by atoms with Crippen LogP contribution >= 0.6 is 0 Å². The third-order valence-corrected chi connectivity index (χ3v) is 6.51. The summed E-state index contributed by atoms with van der Waals surface area (Å²) >= 11 is 0. The lowest BCUT2D eigenvalue weighted by Crippen LogP contribution is -2.57. The van der Waals surface area contributed by atoms with Crippen LogP contribution in [0.15, 0.2) is 42.5 Å². The van der Waals surface area contributed by atoms with E-state index in [-0.39, 0.29) is 35.3 Å². The van der Waals surface area contributed by atoms with Crippen LogP contribution in [0, 0.1) is 29.0 Å². The fraction of sp³-hybridized carbons (Fsp3) is 0.423. The summed E-state index contributed by atoms with van der Waals surface area (Å²) in [4.78, 5) is 29.2. The Kier molecular flexibility index (Phi) is 6.75. The van der Waals surface area contributed by atoms with Gasteiger partial charge in [0.15, 0.2) is 0 Å². The molecular formula is C26H29FN4O2. The standard InChI is InChI=1S/C26H29FN4O2/c1-16(2)15-31-24(17-6-5-11-29-14-17)23(20-7-3-4-8-21(20)26(31)33)25(32)30-19-9-10-22(27)18(12-19)13-28/h3-4,7-10,12,16-17,23-24,29H,5-6,11,14-15H2,1-2H3,(H,30,32)/t17?,23-,24+/m0/s1. The maximum Gasteiger partial charge on any atom is 0.254 e. The maximum absolute atomic E-state index is 13.8. The van der Waals surface area contributed by atoms with Gasteiger partial charge in [0.1, 0.15) is 11.9 Å². The quantitative estimate of drug-likeness (QED) is 0.727. The number of nitrogens with zero attached hydrogens (tertiary/aromatic N) is 2. The van der Waals surface area contributed by atoms with Gasteiger partial charge in [0.05, 0.1) is 17.5 Å². The Labute approximate surface area is 193 Å². The normalized spacial score (nSPS) is 22.6. The van der Waals surface area contributed by atoms with Gasteiger partial charge in [0.25, 0.3) is 5.91 Å². The summed E-state index contributed by atoms with van der Waals surface area (Å²) in [5.41, 5.74) is 1.51. The van der Waals surface area contributed by atoms with E-state index >= 15 is 0 Å². The second-order valence-electron chi connectivity index (χ2n) is 9.31. The zero-order valence-electron chi connectivity index (χ0n) is 19.0.